The number of benzene rings is 2. The average molecular weight is 400 g/mol. The van der Waals surface area contributed by atoms with E-state index in [1.807, 2.05) is 0 Å². The highest BCUT2D eigenvalue weighted by molar-refractivity contribution is 6.08. The molecule has 0 radical (unpaired) electrons. The molecule has 1 amide bonds. The van der Waals surface area contributed by atoms with Crippen molar-refractivity contribution < 1.29 is 28.5 Å². The van der Waals surface area contributed by atoms with Crippen molar-refractivity contribution in [2.45, 2.75) is 0 Å². The van der Waals surface area contributed by atoms with Gasteiger partial charge in [0.2, 0.25) is 0 Å². The van der Waals surface area contributed by atoms with Gasteiger partial charge in [0.1, 0.15) is 23.8 Å². The number of H-pyrrole nitrogens is 1. The van der Waals surface area contributed by atoms with E-state index in [1.165, 1.54) is 0 Å². The number of aromatic nitrogens is 1. The normalized spacial score (nSPS) is 10.6. The van der Waals surface area contributed by atoms with Crippen LogP contribution in [0.2, 0.25) is 0 Å². The molecule has 3 aromatic rings. The van der Waals surface area contributed by atoms with Gasteiger partial charge < -0.3 is 34.0 Å². The third-order valence-corrected chi connectivity index (χ3v) is 4.35. The Hall–Kier alpha value is -3.39. The number of anilines is 1. The number of aromatic amines is 1. The van der Waals surface area contributed by atoms with Crippen LogP contribution in [0.3, 0.4) is 0 Å². The van der Waals surface area contributed by atoms with E-state index in [9.17, 15) is 4.79 Å². The smallest absolute Gasteiger partial charge is 0.272 e. The molecule has 0 fully saturated rings. The summed E-state index contributed by atoms with van der Waals surface area (Å²) in [5.41, 5.74) is 1.63. The molecule has 8 heteroatoms. The molecule has 0 unspecified atom stereocenters. The molecule has 2 aromatic carbocycles. The minimum atomic E-state index is -0.294. The summed E-state index contributed by atoms with van der Waals surface area (Å²) < 4.78 is 26.7. The molecule has 0 bridgehead atoms. The van der Waals surface area contributed by atoms with E-state index in [4.69, 9.17) is 23.7 Å². The van der Waals surface area contributed by atoms with E-state index in [-0.39, 0.29) is 5.91 Å². The van der Waals surface area contributed by atoms with Crippen molar-refractivity contribution in [3.8, 4) is 23.0 Å². The lowest BCUT2D eigenvalue weighted by Gasteiger charge is -2.11. The Morgan fingerprint density at radius 3 is 2.28 bits per heavy atom. The van der Waals surface area contributed by atoms with Crippen LogP contribution in [0.4, 0.5) is 5.69 Å². The summed E-state index contributed by atoms with van der Waals surface area (Å²) in [4.78, 5) is 15.8. The standard InChI is InChI=1S/C21H24N2O6/c1-25-9-10-29-14-7-5-13(6-8-14)22-21(24)16-11-15-17(26-2)12-18(27-3)20(28-4)19(15)23-16/h5-8,11-12,23H,9-10H2,1-4H3,(H,22,24). The molecule has 2 N–H and O–H groups in total. The van der Waals surface area contributed by atoms with Gasteiger partial charge in [-0.1, -0.05) is 0 Å². The average Bonchev–Trinajstić information content (AvgIpc) is 3.19. The van der Waals surface area contributed by atoms with Crippen molar-refractivity contribution in [2.24, 2.45) is 0 Å². The van der Waals surface area contributed by atoms with E-state index >= 15 is 0 Å². The molecule has 0 aliphatic rings. The maximum absolute atomic E-state index is 12.7. The maximum atomic E-state index is 12.7. The zero-order chi connectivity index (χ0) is 20.8. The summed E-state index contributed by atoms with van der Waals surface area (Å²) in [6, 6.07) is 10.5. The largest absolute Gasteiger partial charge is 0.496 e. The summed E-state index contributed by atoms with van der Waals surface area (Å²) in [7, 11) is 6.26. The number of carbonyl (C=O) groups excluding carboxylic acids is 1. The summed E-state index contributed by atoms with van der Waals surface area (Å²) in [6.07, 6.45) is 0. The van der Waals surface area contributed by atoms with Crippen LogP contribution in [0, 0.1) is 0 Å². The molecular weight excluding hydrogens is 376 g/mol. The van der Waals surface area contributed by atoms with Crippen molar-refractivity contribution in [2.75, 3.05) is 47.0 Å². The first-order valence-corrected chi connectivity index (χ1v) is 8.96. The van der Waals surface area contributed by atoms with Crippen LogP contribution in [0.25, 0.3) is 10.9 Å². The molecule has 0 aliphatic heterocycles. The third-order valence-electron chi connectivity index (χ3n) is 4.35. The second-order valence-electron chi connectivity index (χ2n) is 6.11. The second-order valence-corrected chi connectivity index (χ2v) is 6.11. The van der Waals surface area contributed by atoms with Crippen LogP contribution in [0.1, 0.15) is 10.5 Å². The first-order chi connectivity index (χ1) is 14.1. The van der Waals surface area contributed by atoms with Crippen molar-refractivity contribution in [1.82, 2.24) is 4.98 Å². The number of fused-ring (bicyclic) bond motifs is 1. The summed E-state index contributed by atoms with van der Waals surface area (Å²) in [5, 5.41) is 3.57. The quantitative estimate of drug-likeness (QED) is 0.535. The number of rotatable bonds is 9. The van der Waals surface area contributed by atoms with E-state index in [0.29, 0.717) is 53.1 Å². The predicted octanol–water partition coefficient (Wildman–Crippen LogP) is 3.47. The zero-order valence-electron chi connectivity index (χ0n) is 16.8. The Kier molecular flexibility index (Phi) is 6.46. The van der Waals surface area contributed by atoms with E-state index in [0.717, 1.165) is 5.39 Å². The van der Waals surface area contributed by atoms with Crippen molar-refractivity contribution in [3.63, 3.8) is 0 Å². The topological polar surface area (TPSA) is 91.0 Å². The number of hydrogen-bond donors (Lipinski definition) is 2. The number of ether oxygens (including phenoxy) is 5. The molecule has 0 aliphatic carbocycles. The van der Waals surface area contributed by atoms with Gasteiger partial charge in [0.05, 0.1) is 33.5 Å². The van der Waals surface area contributed by atoms with Gasteiger partial charge in [-0.25, -0.2) is 0 Å². The molecule has 0 saturated carbocycles. The zero-order valence-corrected chi connectivity index (χ0v) is 16.8. The van der Waals surface area contributed by atoms with Crippen molar-refractivity contribution >= 4 is 22.5 Å². The summed E-state index contributed by atoms with van der Waals surface area (Å²) in [6.45, 7) is 0.973. The van der Waals surface area contributed by atoms with Gasteiger partial charge >= 0.3 is 0 Å². The monoisotopic (exact) mass is 400 g/mol. The van der Waals surface area contributed by atoms with E-state index < -0.39 is 0 Å². The lowest BCUT2D eigenvalue weighted by molar-refractivity contribution is 0.102. The Morgan fingerprint density at radius 1 is 0.931 bits per heavy atom. The molecule has 29 heavy (non-hydrogen) atoms. The number of hydrogen-bond acceptors (Lipinski definition) is 6. The van der Waals surface area contributed by atoms with Gasteiger partial charge in [0, 0.05) is 24.2 Å². The predicted molar refractivity (Wildman–Crippen MR) is 110 cm³/mol. The fourth-order valence-corrected chi connectivity index (χ4v) is 2.93. The first-order valence-electron chi connectivity index (χ1n) is 8.96. The lowest BCUT2D eigenvalue weighted by atomic mass is 10.2. The minimum Gasteiger partial charge on any atom is -0.496 e. The molecule has 1 heterocycles. The molecule has 0 saturated heterocycles. The van der Waals surface area contributed by atoms with E-state index in [1.54, 1.807) is 64.8 Å². The van der Waals surface area contributed by atoms with Gasteiger partial charge in [-0.2, -0.15) is 0 Å². The fourth-order valence-electron chi connectivity index (χ4n) is 2.93. The SMILES string of the molecule is COCCOc1ccc(NC(=O)c2cc3c(OC)cc(OC)c(OC)c3[nH]2)cc1. The Morgan fingerprint density at radius 2 is 1.66 bits per heavy atom. The van der Waals surface area contributed by atoms with Gasteiger partial charge in [0.25, 0.3) is 5.91 Å². The lowest BCUT2D eigenvalue weighted by Crippen LogP contribution is -2.12. The van der Waals surface area contributed by atoms with Crippen LogP contribution in [0.5, 0.6) is 23.0 Å². The van der Waals surface area contributed by atoms with E-state index in [2.05, 4.69) is 10.3 Å². The molecular formula is C21H24N2O6. The maximum Gasteiger partial charge on any atom is 0.272 e. The van der Waals surface area contributed by atoms with Crippen LogP contribution < -0.4 is 24.3 Å². The van der Waals surface area contributed by atoms with Crippen LogP contribution in [0.15, 0.2) is 36.4 Å². The summed E-state index contributed by atoms with van der Waals surface area (Å²) in [5.74, 6) is 1.99. The highest BCUT2D eigenvalue weighted by Gasteiger charge is 2.19. The van der Waals surface area contributed by atoms with Crippen molar-refractivity contribution in [1.29, 1.82) is 0 Å². The Labute approximate surface area is 168 Å². The second kappa shape index (κ2) is 9.20. The number of amides is 1. The van der Waals surface area contributed by atoms with Gasteiger partial charge in [-0.05, 0) is 30.3 Å². The number of carbonyl (C=O) groups is 1. The molecule has 3 rings (SSSR count). The first kappa shape index (κ1) is 20.3. The summed E-state index contributed by atoms with van der Waals surface area (Å²) >= 11 is 0. The van der Waals surface area contributed by atoms with Crippen LogP contribution in [-0.2, 0) is 4.74 Å². The molecule has 0 atom stereocenters. The number of methoxy groups -OCH3 is 4. The Balaban J connectivity index is 1.82. The molecule has 154 valence electrons. The van der Waals surface area contributed by atoms with Crippen LogP contribution in [-0.4, -0.2) is 52.5 Å². The highest BCUT2D eigenvalue weighted by atomic mass is 16.5. The third kappa shape index (κ3) is 4.38. The highest BCUT2D eigenvalue weighted by Crippen LogP contribution is 2.41. The van der Waals surface area contributed by atoms with Crippen LogP contribution >= 0.6 is 0 Å². The molecule has 8 nitrogen and oxygen atoms in total. The fraction of sp³-hybridized carbons (Fsp3) is 0.286. The van der Waals surface area contributed by atoms with Crippen molar-refractivity contribution in [3.05, 3.63) is 42.1 Å². The van der Waals surface area contributed by atoms with Gasteiger partial charge in [-0.15, -0.1) is 0 Å². The van der Waals surface area contributed by atoms with Gasteiger partial charge in [0.15, 0.2) is 11.5 Å². The molecule has 0 spiro atoms. The number of nitrogens with one attached hydrogen (secondary N) is 2. The minimum absolute atomic E-state index is 0.294. The van der Waals surface area contributed by atoms with Gasteiger partial charge in [-0.3, -0.25) is 4.79 Å². The molecule has 1 aromatic heterocycles. The Bertz CT molecular complexity index is 981.